The first-order valence-corrected chi connectivity index (χ1v) is 8.26. The van der Waals surface area contributed by atoms with Gasteiger partial charge in [-0.25, -0.2) is 9.98 Å². The molecule has 0 amide bonds. The Morgan fingerprint density at radius 2 is 2.00 bits per heavy atom. The predicted molar refractivity (Wildman–Crippen MR) is 105 cm³/mol. The summed E-state index contributed by atoms with van der Waals surface area (Å²) in [5.74, 6) is 0.490. The molecule has 8 heteroatoms. The summed E-state index contributed by atoms with van der Waals surface area (Å²) in [7, 11) is 0. The summed E-state index contributed by atoms with van der Waals surface area (Å²) >= 11 is 0. The number of amidine groups is 1. The Balaban J connectivity index is 1.67. The second-order valence-electron chi connectivity index (χ2n) is 6.05. The van der Waals surface area contributed by atoms with Crippen LogP contribution in [-0.4, -0.2) is 31.6 Å². The number of benzene rings is 1. The highest BCUT2D eigenvalue weighted by atomic mass is 16.1. The number of ketones is 1. The number of aliphatic imine (C=N–C) groups is 1. The highest BCUT2D eigenvalue weighted by Crippen LogP contribution is 2.21. The molecule has 4 rings (SSSR count). The highest BCUT2D eigenvalue weighted by molar-refractivity contribution is 6.27. The Kier molecular flexibility index (Phi) is 3.92. The van der Waals surface area contributed by atoms with Crippen LogP contribution in [0.15, 0.2) is 59.4 Å². The fourth-order valence-corrected chi connectivity index (χ4v) is 2.89. The van der Waals surface area contributed by atoms with E-state index in [2.05, 4.69) is 24.9 Å². The second kappa shape index (κ2) is 6.41. The molecule has 0 aliphatic rings. The smallest absolute Gasteiger partial charge is 0.214 e. The molecular formula is C19H17N7O. The molecule has 3 aromatic heterocycles. The number of Topliss-reactive ketones (excluding diaryl/α,β-unsaturated/α-hetero) is 1. The number of carbonyl (C=O) groups excluding carboxylic acids is 1. The Hall–Kier alpha value is -3.94. The Morgan fingerprint density at radius 3 is 2.78 bits per heavy atom. The minimum Gasteiger partial charge on any atom is -0.404 e. The van der Waals surface area contributed by atoms with Gasteiger partial charge in [0.05, 0.1) is 39.0 Å². The van der Waals surface area contributed by atoms with Crippen LogP contribution < -0.4 is 11.5 Å². The number of carbonyl (C=O) groups is 1. The summed E-state index contributed by atoms with van der Waals surface area (Å²) in [5, 5.41) is 0. The molecule has 8 nitrogen and oxygen atoms in total. The first-order valence-electron chi connectivity index (χ1n) is 8.26. The zero-order chi connectivity index (χ0) is 19.0. The number of pyridine rings is 1. The van der Waals surface area contributed by atoms with Crippen LogP contribution in [0.25, 0.3) is 22.1 Å². The summed E-state index contributed by atoms with van der Waals surface area (Å²) in [6.45, 7) is 1.88. The van der Waals surface area contributed by atoms with E-state index in [1.807, 2.05) is 25.1 Å². The number of nitrogens with zero attached hydrogens (tertiary/aromatic N) is 3. The van der Waals surface area contributed by atoms with Crippen LogP contribution in [0.2, 0.25) is 0 Å². The maximum absolute atomic E-state index is 12.8. The maximum Gasteiger partial charge on any atom is 0.214 e. The zero-order valence-corrected chi connectivity index (χ0v) is 14.5. The largest absolute Gasteiger partial charge is 0.404 e. The topological polar surface area (TPSA) is 139 Å². The van der Waals surface area contributed by atoms with E-state index in [4.69, 9.17) is 11.5 Å². The van der Waals surface area contributed by atoms with E-state index >= 15 is 0 Å². The number of imidazole rings is 1. The van der Waals surface area contributed by atoms with Gasteiger partial charge in [0, 0.05) is 12.4 Å². The van der Waals surface area contributed by atoms with Crippen LogP contribution in [0.5, 0.6) is 0 Å². The lowest BCUT2D eigenvalue weighted by atomic mass is 10.1. The van der Waals surface area contributed by atoms with Crippen LogP contribution in [0, 0.1) is 6.92 Å². The standard InChI is InChI=1S/C19H17N7O/c1-10-23-14-5-4-11(7-16(14)24-10)25-19(21)12(9-20)18(27)17-8-15-13(26-17)3-2-6-22-15/h2-9,26H,20H2,1H3,(H2,21,25)(H,23,24). The number of fused-ring (bicyclic) bond motifs is 2. The lowest BCUT2D eigenvalue weighted by Crippen LogP contribution is -2.22. The van der Waals surface area contributed by atoms with E-state index in [1.165, 1.54) is 6.20 Å². The first kappa shape index (κ1) is 16.5. The molecule has 4 aromatic rings. The normalized spacial score (nSPS) is 12.8. The Bertz CT molecular complexity index is 1200. The molecule has 0 bridgehead atoms. The van der Waals surface area contributed by atoms with E-state index < -0.39 is 0 Å². The SMILES string of the molecule is Cc1nc2ccc(N=C(N)C(=CN)C(=O)c3cc4ncccc4[nH]3)cc2[nH]1. The molecule has 0 atom stereocenters. The van der Waals surface area contributed by atoms with Gasteiger partial charge >= 0.3 is 0 Å². The second-order valence-corrected chi connectivity index (χ2v) is 6.05. The molecule has 0 aliphatic carbocycles. The number of aryl methyl sites for hydroxylation is 1. The van der Waals surface area contributed by atoms with E-state index in [9.17, 15) is 4.79 Å². The van der Waals surface area contributed by atoms with Gasteiger partial charge in [0.2, 0.25) is 5.78 Å². The molecule has 0 unspecified atom stereocenters. The van der Waals surface area contributed by atoms with Crippen molar-refractivity contribution >= 4 is 39.4 Å². The molecule has 0 aliphatic heterocycles. The third kappa shape index (κ3) is 3.04. The monoisotopic (exact) mass is 359 g/mol. The Morgan fingerprint density at radius 1 is 1.15 bits per heavy atom. The van der Waals surface area contributed by atoms with Crippen molar-refractivity contribution in [2.45, 2.75) is 6.92 Å². The van der Waals surface area contributed by atoms with Crippen molar-refractivity contribution in [2.24, 2.45) is 16.5 Å². The van der Waals surface area contributed by atoms with Gasteiger partial charge in [-0.1, -0.05) is 0 Å². The van der Waals surface area contributed by atoms with Crippen molar-refractivity contribution < 1.29 is 4.79 Å². The van der Waals surface area contributed by atoms with Crippen molar-refractivity contribution in [3.63, 3.8) is 0 Å². The van der Waals surface area contributed by atoms with Crippen LogP contribution in [0.4, 0.5) is 5.69 Å². The number of nitrogens with one attached hydrogen (secondary N) is 2. The van der Waals surface area contributed by atoms with Crippen LogP contribution in [0.3, 0.4) is 0 Å². The summed E-state index contributed by atoms with van der Waals surface area (Å²) in [4.78, 5) is 31.9. The van der Waals surface area contributed by atoms with Gasteiger partial charge in [-0.3, -0.25) is 9.78 Å². The third-order valence-electron chi connectivity index (χ3n) is 4.15. The molecule has 3 heterocycles. The maximum atomic E-state index is 12.8. The molecule has 0 saturated heterocycles. The van der Waals surface area contributed by atoms with E-state index in [0.29, 0.717) is 16.9 Å². The van der Waals surface area contributed by atoms with Crippen LogP contribution in [-0.2, 0) is 0 Å². The molecule has 27 heavy (non-hydrogen) atoms. The minimum absolute atomic E-state index is 0.0321. The summed E-state index contributed by atoms with van der Waals surface area (Å²) < 4.78 is 0. The lowest BCUT2D eigenvalue weighted by molar-refractivity contribution is 0.103. The molecule has 0 fully saturated rings. The van der Waals surface area contributed by atoms with Gasteiger partial charge in [0.1, 0.15) is 11.7 Å². The molecule has 134 valence electrons. The fourth-order valence-electron chi connectivity index (χ4n) is 2.89. The van der Waals surface area contributed by atoms with Crippen molar-refractivity contribution in [3.05, 3.63) is 65.9 Å². The number of aromatic nitrogens is 4. The summed E-state index contributed by atoms with van der Waals surface area (Å²) in [6, 6.07) is 10.7. The van der Waals surface area contributed by atoms with Crippen molar-refractivity contribution in [3.8, 4) is 0 Å². The van der Waals surface area contributed by atoms with E-state index in [-0.39, 0.29) is 17.2 Å². The Labute approximate surface area is 154 Å². The fraction of sp³-hybridized carbons (Fsp3) is 0.0526. The van der Waals surface area contributed by atoms with Gasteiger partial charge in [0.15, 0.2) is 0 Å². The van der Waals surface area contributed by atoms with E-state index in [1.54, 1.807) is 24.4 Å². The molecule has 0 spiro atoms. The van der Waals surface area contributed by atoms with Gasteiger partial charge in [0.25, 0.3) is 0 Å². The van der Waals surface area contributed by atoms with Crippen molar-refractivity contribution in [1.82, 2.24) is 19.9 Å². The number of H-pyrrole nitrogens is 2. The third-order valence-corrected chi connectivity index (χ3v) is 4.15. The van der Waals surface area contributed by atoms with Crippen molar-refractivity contribution in [2.75, 3.05) is 0 Å². The van der Waals surface area contributed by atoms with Gasteiger partial charge < -0.3 is 21.4 Å². The first-order chi connectivity index (χ1) is 13.0. The molecular weight excluding hydrogens is 342 g/mol. The van der Waals surface area contributed by atoms with Gasteiger partial charge in [-0.2, -0.15) is 0 Å². The van der Waals surface area contributed by atoms with Gasteiger partial charge in [-0.15, -0.1) is 0 Å². The van der Waals surface area contributed by atoms with Crippen LogP contribution in [0.1, 0.15) is 16.3 Å². The van der Waals surface area contributed by atoms with Gasteiger partial charge in [-0.05, 0) is 43.3 Å². The number of hydrogen-bond donors (Lipinski definition) is 4. The highest BCUT2D eigenvalue weighted by Gasteiger charge is 2.18. The number of nitrogens with two attached hydrogens (primary N) is 2. The predicted octanol–water partition coefficient (Wildman–Crippen LogP) is 2.46. The number of rotatable bonds is 4. The van der Waals surface area contributed by atoms with Crippen molar-refractivity contribution in [1.29, 1.82) is 0 Å². The lowest BCUT2D eigenvalue weighted by Gasteiger charge is -2.04. The minimum atomic E-state index is -0.352. The van der Waals surface area contributed by atoms with Crippen LogP contribution >= 0.6 is 0 Å². The summed E-state index contributed by atoms with van der Waals surface area (Å²) in [6.07, 6.45) is 2.83. The average Bonchev–Trinajstić information content (AvgIpc) is 3.24. The molecule has 0 saturated carbocycles. The molecule has 6 N–H and O–H groups in total. The zero-order valence-electron chi connectivity index (χ0n) is 14.5. The molecule has 1 aromatic carbocycles. The number of aromatic amines is 2. The van der Waals surface area contributed by atoms with E-state index in [0.717, 1.165) is 22.4 Å². The number of hydrogen-bond acceptors (Lipinski definition) is 5. The average molecular weight is 359 g/mol. The summed E-state index contributed by atoms with van der Waals surface area (Å²) in [5.41, 5.74) is 15.9. The quantitative estimate of drug-likeness (QED) is 0.192. The molecule has 0 radical (unpaired) electrons.